The Kier molecular flexibility index (Phi) is 7.18. The van der Waals surface area contributed by atoms with Gasteiger partial charge >= 0.3 is 0 Å². The van der Waals surface area contributed by atoms with Crippen molar-refractivity contribution in [3.63, 3.8) is 0 Å². The maximum Gasteiger partial charge on any atom is 0.166 e. The summed E-state index contributed by atoms with van der Waals surface area (Å²) in [4.78, 5) is 0. The number of halogens is 2. The van der Waals surface area contributed by atoms with E-state index >= 15 is 0 Å². The molecule has 1 atom stereocenters. The smallest absolute Gasteiger partial charge is 0.166 e. The quantitative estimate of drug-likeness (QED) is 0.736. The van der Waals surface area contributed by atoms with Crippen LogP contribution < -0.4 is 14.8 Å². The van der Waals surface area contributed by atoms with Crippen molar-refractivity contribution >= 4 is 23.2 Å². The largest absolute Gasteiger partial charge is 0.493 e. The number of para-hydroxylation sites is 1. The van der Waals surface area contributed by atoms with Crippen LogP contribution in [-0.4, -0.2) is 24.9 Å². The number of hydrogen-bond donors (Lipinski definition) is 2. The molecule has 0 radical (unpaired) electrons. The van der Waals surface area contributed by atoms with Gasteiger partial charge in [-0.05, 0) is 25.1 Å². The molecule has 6 heteroatoms. The van der Waals surface area contributed by atoms with E-state index in [1.807, 2.05) is 24.3 Å². The van der Waals surface area contributed by atoms with Crippen LogP contribution in [0.25, 0.3) is 0 Å². The maximum absolute atomic E-state index is 9.36. The second kappa shape index (κ2) is 9.14. The zero-order valence-electron chi connectivity index (χ0n) is 13.7. The van der Waals surface area contributed by atoms with E-state index in [-0.39, 0.29) is 0 Å². The van der Waals surface area contributed by atoms with E-state index in [1.54, 1.807) is 26.2 Å². The fraction of sp³-hybridized carbons (Fsp3) is 0.333. The van der Waals surface area contributed by atoms with E-state index in [1.165, 1.54) is 0 Å². The molecule has 0 bridgehead atoms. The Morgan fingerprint density at radius 2 is 1.96 bits per heavy atom. The van der Waals surface area contributed by atoms with E-state index in [9.17, 15) is 5.11 Å². The van der Waals surface area contributed by atoms with E-state index in [2.05, 4.69) is 5.32 Å². The van der Waals surface area contributed by atoms with Gasteiger partial charge in [-0.3, -0.25) is 0 Å². The fourth-order valence-electron chi connectivity index (χ4n) is 2.23. The van der Waals surface area contributed by atoms with Crippen molar-refractivity contribution in [3.8, 4) is 11.5 Å². The minimum Gasteiger partial charge on any atom is -0.493 e. The van der Waals surface area contributed by atoms with E-state index < -0.39 is 6.10 Å². The zero-order valence-corrected chi connectivity index (χ0v) is 15.2. The number of ether oxygens (including phenoxy) is 2. The molecule has 0 heterocycles. The lowest BCUT2D eigenvalue weighted by Crippen LogP contribution is -2.24. The second-order valence-electron chi connectivity index (χ2n) is 5.45. The van der Waals surface area contributed by atoms with Gasteiger partial charge in [0.25, 0.3) is 0 Å². The standard InChI is InChI=1S/C18H21Cl2NO3/c1-12(22)9-21-10-13-4-3-5-17(23-2)18(13)24-11-14-6-7-15(19)8-16(14)20/h3-8,12,21-22H,9-11H2,1-2H3. The van der Waals surface area contributed by atoms with Crippen molar-refractivity contribution < 1.29 is 14.6 Å². The highest BCUT2D eigenvalue weighted by Gasteiger charge is 2.12. The third-order valence-corrected chi connectivity index (χ3v) is 4.01. The van der Waals surface area contributed by atoms with Crippen LogP contribution in [0.4, 0.5) is 0 Å². The highest BCUT2D eigenvalue weighted by molar-refractivity contribution is 6.35. The van der Waals surface area contributed by atoms with Gasteiger partial charge in [0.15, 0.2) is 11.5 Å². The SMILES string of the molecule is COc1cccc(CNCC(C)O)c1OCc1ccc(Cl)cc1Cl. The number of benzene rings is 2. The normalized spacial score (nSPS) is 12.0. The van der Waals surface area contributed by atoms with Gasteiger partial charge in [-0.15, -0.1) is 0 Å². The molecule has 2 N–H and O–H groups in total. The lowest BCUT2D eigenvalue weighted by atomic mass is 10.1. The number of methoxy groups -OCH3 is 1. The van der Waals surface area contributed by atoms with Gasteiger partial charge in [-0.25, -0.2) is 0 Å². The van der Waals surface area contributed by atoms with E-state index in [0.717, 1.165) is 11.1 Å². The van der Waals surface area contributed by atoms with Gasteiger partial charge in [0.2, 0.25) is 0 Å². The van der Waals surface area contributed by atoms with Crippen LogP contribution in [0.3, 0.4) is 0 Å². The molecular weight excluding hydrogens is 349 g/mol. The molecule has 4 nitrogen and oxygen atoms in total. The maximum atomic E-state index is 9.36. The average Bonchev–Trinajstić information content (AvgIpc) is 2.54. The van der Waals surface area contributed by atoms with Crippen LogP contribution in [-0.2, 0) is 13.2 Å². The molecule has 0 saturated heterocycles. The number of aliphatic hydroxyl groups is 1. The Morgan fingerprint density at radius 1 is 1.17 bits per heavy atom. The first-order chi connectivity index (χ1) is 11.5. The molecular formula is C18H21Cl2NO3. The molecule has 0 aliphatic rings. The lowest BCUT2D eigenvalue weighted by Gasteiger charge is -2.16. The van der Waals surface area contributed by atoms with Crippen molar-refractivity contribution in [1.82, 2.24) is 5.32 Å². The molecule has 0 aromatic heterocycles. The summed E-state index contributed by atoms with van der Waals surface area (Å²) in [5.74, 6) is 1.31. The highest BCUT2D eigenvalue weighted by Crippen LogP contribution is 2.32. The van der Waals surface area contributed by atoms with E-state index in [4.69, 9.17) is 32.7 Å². The molecule has 0 spiro atoms. The minimum absolute atomic E-state index is 0.305. The van der Waals surface area contributed by atoms with Gasteiger partial charge in [0.1, 0.15) is 6.61 Å². The predicted octanol–water partition coefficient (Wildman–Crippen LogP) is 4.05. The number of aliphatic hydroxyl groups excluding tert-OH is 1. The fourth-order valence-corrected chi connectivity index (χ4v) is 2.69. The Balaban J connectivity index is 2.14. The number of hydrogen-bond acceptors (Lipinski definition) is 4. The van der Waals surface area contributed by atoms with Gasteiger partial charge in [-0.1, -0.05) is 41.4 Å². The first kappa shape index (κ1) is 18.9. The van der Waals surface area contributed by atoms with Crippen LogP contribution in [0.2, 0.25) is 10.0 Å². The molecule has 24 heavy (non-hydrogen) atoms. The Bertz CT molecular complexity index is 677. The molecule has 0 fully saturated rings. The highest BCUT2D eigenvalue weighted by atomic mass is 35.5. The summed E-state index contributed by atoms with van der Waals surface area (Å²) in [6, 6.07) is 11.0. The average molecular weight is 370 g/mol. The summed E-state index contributed by atoms with van der Waals surface area (Å²) in [5.41, 5.74) is 1.79. The van der Waals surface area contributed by atoms with Crippen molar-refractivity contribution in [2.24, 2.45) is 0 Å². The van der Waals surface area contributed by atoms with Crippen LogP contribution in [0.15, 0.2) is 36.4 Å². The molecule has 130 valence electrons. The molecule has 1 unspecified atom stereocenters. The van der Waals surface area contributed by atoms with Crippen molar-refractivity contribution in [3.05, 3.63) is 57.6 Å². The Morgan fingerprint density at radius 3 is 2.62 bits per heavy atom. The lowest BCUT2D eigenvalue weighted by molar-refractivity contribution is 0.190. The Hall–Kier alpha value is -1.46. The number of nitrogens with one attached hydrogen (secondary N) is 1. The van der Waals surface area contributed by atoms with Crippen molar-refractivity contribution in [2.75, 3.05) is 13.7 Å². The first-order valence-corrected chi connectivity index (χ1v) is 8.38. The zero-order chi connectivity index (χ0) is 17.5. The minimum atomic E-state index is -0.409. The van der Waals surface area contributed by atoms with Crippen LogP contribution >= 0.6 is 23.2 Å². The topological polar surface area (TPSA) is 50.7 Å². The van der Waals surface area contributed by atoms with Crippen molar-refractivity contribution in [1.29, 1.82) is 0 Å². The first-order valence-electron chi connectivity index (χ1n) is 7.62. The van der Waals surface area contributed by atoms with Gasteiger partial charge < -0.3 is 19.9 Å². The third kappa shape index (κ3) is 5.28. The molecule has 2 aromatic carbocycles. The molecule has 0 amide bonds. The molecule has 0 aliphatic carbocycles. The summed E-state index contributed by atoms with van der Waals surface area (Å²) in [6.45, 7) is 3.10. The summed E-state index contributed by atoms with van der Waals surface area (Å²) >= 11 is 12.1. The molecule has 2 aromatic rings. The van der Waals surface area contributed by atoms with Crippen LogP contribution in [0.1, 0.15) is 18.1 Å². The molecule has 0 saturated carbocycles. The summed E-state index contributed by atoms with van der Waals surface area (Å²) < 4.78 is 11.4. The summed E-state index contributed by atoms with van der Waals surface area (Å²) in [5, 5.41) is 13.7. The third-order valence-electron chi connectivity index (χ3n) is 3.42. The number of rotatable bonds is 8. The van der Waals surface area contributed by atoms with Gasteiger partial charge in [0.05, 0.1) is 13.2 Å². The monoisotopic (exact) mass is 369 g/mol. The van der Waals surface area contributed by atoms with Gasteiger partial charge in [0, 0.05) is 34.3 Å². The van der Waals surface area contributed by atoms with Crippen LogP contribution in [0, 0.1) is 0 Å². The summed E-state index contributed by atoms with van der Waals surface area (Å²) in [6.07, 6.45) is -0.409. The molecule has 2 rings (SSSR count). The van der Waals surface area contributed by atoms with E-state index in [0.29, 0.717) is 41.2 Å². The second-order valence-corrected chi connectivity index (χ2v) is 6.30. The summed E-state index contributed by atoms with van der Waals surface area (Å²) in [7, 11) is 1.60. The van der Waals surface area contributed by atoms with Crippen molar-refractivity contribution in [2.45, 2.75) is 26.2 Å². The predicted molar refractivity (Wildman–Crippen MR) is 97.2 cm³/mol. The Labute approximate surface area is 152 Å². The van der Waals surface area contributed by atoms with Gasteiger partial charge in [-0.2, -0.15) is 0 Å². The molecule has 0 aliphatic heterocycles. The van der Waals surface area contributed by atoms with Crippen LogP contribution in [0.5, 0.6) is 11.5 Å².